The van der Waals surface area contributed by atoms with Gasteiger partial charge in [0, 0.05) is 32.2 Å². The van der Waals surface area contributed by atoms with Gasteiger partial charge in [-0.1, -0.05) is 12.1 Å². The Kier molecular flexibility index (Phi) is 4.32. The Morgan fingerprint density at radius 1 is 1.11 bits per heavy atom. The molecule has 4 heteroatoms. The molecule has 0 unspecified atom stereocenters. The highest BCUT2D eigenvalue weighted by Crippen LogP contribution is 2.22. The number of halogens is 1. The number of likely N-dealkylation sites (N-methyl/N-ethyl adjacent to an activating group) is 1. The van der Waals surface area contributed by atoms with Crippen molar-refractivity contribution in [2.24, 2.45) is 0 Å². The molecule has 1 aliphatic heterocycles. The van der Waals surface area contributed by atoms with Crippen molar-refractivity contribution in [3.05, 3.63) is 35.6 Å². The van der Waals surface area contributed by atoms with Crippen LogP contribution in [0.5, 0.6) is 0 Å². The first-order chi connectivity index (χ1) is 8.58. The van der Waals surface area contributed by atoms with Crippen molar-refractivity contribution in [3.8, 4) is 0 Å². The molecule has 0 bridgehead atoms. The van der Waals surface area contributed by atoms with Gasteiger partial charge >= 0.3 is 0 Å². The van der Waals surface area contributed by atoms with Gasteiger partial charge in [0.05, 0.1) is 6.10 Å². The fourth-order valence-electron chi connectivity index (χ4n) is 2.37. The number of hydrogen-bond donors (Lipinski definition) is 1. The molecule has 100 valence electrons. The van der Waals surface area contributed by atoms with E-state index >= 15 is 0 Å². The van der Waals surface area contributed by atoms with E-state index in [0.717, 1.165) is 31.7 Å². The van der Waals surface area contributed by atoms with Crippen LogP contribution in [-0.2, 0) is 0 Å². The molecule has 1 aromatic rings. The van der Waals surface area contributed by atoms with E-state index in [1.54, 1.807) is 12.1 Å². The van der Waals surface area contributed by atoms with Gasteiger partial charge in [0.15, 0.2) is 0 Å². The summed E-state index contributed by atoms with van der Waals surface area (Å²) >= 11 is 0. The van der Waals surface area contributed by atoms with Crippen molar-refractivity contribution >= 4 is 0 Å². The summed E-state index contributed by atoms with van der Waals surface area (Å²) in [5, 5.41) is 10.3. The third kappa shape index (κ3) is 3.07. The summed E-state index contributed by atoms with van der Waals surface area (Å²) in [5.41, 5.74) is 0.780. The van der Waals surface area contributed by atoms with Gasteiger partial charge in [-0.05, 0) is 31.7 Å². The van der Waals surface area contributed by atoms with E-state index in [1.807, 2.05) is 6.92 Å². The molecule has 0 spiro atoms. The lowest BCUT2D eigenvalue weighted by Gasteiger charge is -2.38. The topological polar surface area (TPSA) is 26.7 Å². The zero-order valence-electron chi connectivity index (χ0n) is 11.0. The van der Waals surface area contributed by atoms with Gasteiger partial charge in [0.2, 0.25) is 0 Å². The van der Waals surface area contributed by atoms with Crippen molar-refractivity contribution in [2.45, 2.75) is 19.1 Å². The highest BCUT2D eigenvalue weighted by atomic mass is 19.1. The van der Waals surface area contributed by atoms with E-state index in [-0.39, 0.29) is 11.9 Å². The van der Waals surface area contributed by atoms with E-state index in [0.29, 0.717) is 0 Å². The minimum absolute atomic E-state index is 0.0594. The van der Waals surface area contributed by atoms with Gasteiger partial charge in [-0.3, -0.25) is 4.90 Å². The Bertz CT molecular complexity index is 374. The molecular weight excluding hydrogens is 231 g/mol. The number of aliphatic hydroxyl groups is 1. The summed E-state index contributed by atoms with van der Waals surface area (Å²) in [7, 11) is 2.11. The second-order valence-electron chi connectivity index (χ2n) is 5.08. The van der Waals surface area contributed by atoms with Crippen LogP contribution >= 0.6 is 0 Å². The van der Waals surface area contributed by atoms with E-state index in [9.17, 15) is 9.50 Å². The largest absolute Gasteiger partial charge is 0.387 e. The number of aliphatic hydroxyl groups excluding tert-OH is 1. The van der Waals surface area contributed by atoms with Gasteiger partial charge in [-0.2, -0.15) is 0 Å². The molecule has 2 rings (SSSR count). The Morgan fingerprint density at radius 3 is 2.22 bits per heavy atom. The highest BCUT2D eigenvalue weighted by molar-refractivity contribution is 5.19. The quantitative estimate of drug-likeness (QED) is 0.883. The third-order valence-corrected chi connectivity index (χ3v) is 3.78. The summed E-state index contributed by atoms with van der Waals surface area (Å²) in [6.45, 7) is 6.02. The van der Waals surface area contributed by atoms with Crippen molar-refractivity contribution in [1.29, 1.82) is 0 Å². The Hall–Kier alpha value is -0.970. The normalized spacial score (nSPS) is 21.8. The highest BCUT2D eigenvalue weighted by Gasteiger charge is 2.25. The Labute approximate surface area is 108 Å². The van der Waals surface area contributed by atoms with Crippen LogP contribution in [0.3, 0.4) is 0 Å². The van der Waals surface area contributed by atoms with Crippen LogP contribution in [0.1, 0.15) is 18.6 Å². The number of piperazine rings is 1. The first-order valence-electron chi connectivity index (χ1n) is 6.44. The van der Waals surface area contributed by atoms with Gasteiger partial charge in [0.25, 0.3) is 0 Å². The lowest BCUT2D eigenvalue weighted by molar-refractivity contribution is 0.0315. The second kappa shape index (κ2) is 5.78. The Morgan fingerprint density at radius 2 is 1.67 bits per heavy atom. The average molecular weight is 252 g/mol. The molecule has 1 aliphatic rings. The number of hydrogen-bond acceptors (Lipinski definition) is 3. The zero-order valence-corrected chi connectivity index (χ0v) is 11.0. The van der Waals surface area contributed by atoms with E-state index < -0.39 is 6.10 Å². The fourth-order valence-corrected chi connectivity index (χ4v) is 2.37. The maximum Gasteiger partial charge on any atom is 0.123 e. The standard InChI is InChI=1S/C14H21FN2O/c1-11(17-9-7-16(2)8-10-17)14(18)12-3-5-13(15)6-4-12/h3-6,11,14,18H,7-10H2,1-2H3/t11-,14-/m1/s1. The van der Waals surface area contributed by atoms with Gasteiger partial charge in [-0.25, -0.2) is 4.39 Å². The molecule has 18 heavy (non-hydrogen) atoms. The second-order valence-corrected chi connectivity index (χ2v) is 5.08. The van der Waals surface area contributed by atoms with Crippen LogP contribution in [0.4, 0.5) is 4.39 Å². The van der Waals surface area contributed by atoms with E-state index in [2.05, 4.69) is 16.8 Å². The van der Waals surface area contributed by atoms with Gasteiger partial charge in [0.1, 0.15) is 5.82 Å². The van der Waals surface area contributed by atoms with E-state index in [1.165, 1.54) is 12.1 Å². The lowest BCUT2D eigenvalue weighted by atomic mass is 10.0. The summed E-state index contributed by atoms with van der Waals surface area (Å²) in [5.74, 6) is -0.266. The SMILES string of the molecule is C[C@H]([C@@H](O)c1ccc(F)cc1)N1CCN(C)CC1. The summed E-state index contributed by atoms with van der Waals surface area (Å²) in [4.78, 5) is 4.57. The molecule has 0 amide bonds. The molecule has 0 aromatic heterocycles. The molecule has 1 aromatic carbocycles. The van der Waals surface area contributed by atoms with Crippen molar-refractivity contribution < 1.29 is 9.50 Å². The van der Waals surface area contributed by atoms with Crippen LogP contribution in [0, 0.1) is 5.82 Å². The Balaban J connectivity index is 1.99. The smallest absolute Gasteiger partial charge is 0.123 e. The molecule has 1 heterocycles. The molecule has 0 saturated carbocycles. The van der Waals surface area contributed by atoms with Gasteiger partial charge < -0.3 is 10.0 Å². The van der Waals surface area contributed by atoms with Gasteiger partial charge in [-0.15, -0.1) is 0 Å². The molecule has 2 atom stereocenters. The number of nitrogens with zero attached hydrogens (tertiary/aromatic N) is 2. The van der Waals surface area contributed by atoms with Crippen LogP contribution in [0.2, 0.25) is 0 Å². The minimum atomic E-state index is -0.561. The molecule has 1 fully saturated rings. The molecule has 1 saturated heterocycles. The maximum absolute atomic E-state index is 12.9. The van der Waals surface area contributed by atoms with Crippen LogP contribution in [0.25, 0.3) is 0 Å². The first kappa shape index (κ1) is 13.5. The summed E-state index contributed by atoms with van der Waals surface area (Å²) in [6, 6.07) is 6.17. The summed E-state index contributed by atoms with van der Waals surface area (Å²) in [6.07, 6.45) is -0.561. The van der Waals surface area contributed by atoms with Crippen molar-refractivity contribution in [3.63, 3.8) is 0 Å². The van der Waals surface area contributed by atoms with E-state index in [4.69, 9.17) is 0 Å². The molecule has 0 aliphatic carbocycles. The zero-order chi connectivity index (χ0) is 13.1. The fraction of sp³-hybridized carbons (Fsp3) is 0.571. The monoisotopic (exact) mass is 252 g/mol. The number of benzene rings is 1. The van der Waals surface area contributed by atoms with Crippen LogP contribution in [0.15, 0.2) is 24.3 Å². The van der Waals surface area contributed by atoms with Crippen LogP contribution in [-0.4, -0.2) is 54.2 Å². The average Bonchev–Trinajstić information content (AvgIpc) is 2.39. The predicted octanol–water partition coefficient (Wildman–Crippen LogP) is 1.50. The van der Waals surface area contributed by atoms with Crippen LogP contribution < -0.4 is 0 Å². The third-order valence-electron chi connectivity index (χ3n) is 3.78. The summed E-state index contributed by atoms with van der Waals surface area (Å²) < 4.78 is 12.9. The number of rotatable bonds is 3. The minimum Gasteiger partial charge on any atom is -0.387 e. The van der Waals surface area contributed by atoms with Crippen molar-refractivity contribution in [2.75, 3.05) is 33.2 Å². The predicted molar refractivity (Wildman–Crippen MR) is 69.9 cm³/mol. The van der Waals surface area contributed by atoms with Crippen molar-refractivity contribution in [1.82, 2.24) is 9.80 Å². The first-order valence-corrected chi connectivity index (χ1v) is 6.44. The molecule has 0 radical (unpaired) electrons. The maximum atomic E-state index is 12.9. The molecule has 1 N–H and O–H groups in total. The lowest BCUT2D eigenvalue weighted by Crippen LogP contribution is -2.49. The molecular formula is C14H21FN2O. The molecule has 3 nitrogen and oxygen atoms in total.